The number of halogens is 1. The first-order chi connectivity index (χ1) is 10.6. The number of carbonyl (C=O) groups is 1. The van der Waals surface area contributed by atoms with Crippen molar-refractivity contribution in [1.82, 2.24) is 9.55 Å². The quantitative estimate of drug-likeness (QED) is 0.801. The SMILES string of the molecule is Cc1ccc(F)c(NC(=O)CCn2cnc3ccccc32)c1. The summed E-state index contributed by atoms with van der Waals surface area (Å²) in [5.74, 6) is -0.644. The number of aryl methyl sites for hydroxylation is 2. The maximum Gasteiger partial charge on any atom is 0.226 e. The molecule has 0 aliphatic carbocycles. The second-order valence-corrected chi connectivity index (χ2v) is 5.21. The summed E-state index contributed by atoms with van der Waals surface area (Å²) in [4.78, 5) is 16.3. The van der Waals surface area contributed by atoms with Gasteiger partial charge in [0.15, 0.2) is 0 Å². The van der Waals surface area contributed by atoms with E-state index in [0.29, 0.717) is 6.54 Å². The molecule has 0 fully saturated rings. The number of nitrogens with zero attached hydrogens (tertiary/aromatic N) is 2. The van der Waals surface area contributed by atoms with E-state index >= 15 is 0 Å². The van der Waals surface area contributed by atoms with Gasteiger partial charge in [-0.2, -0.15) is 0 Å². The van der Waals surface area contributed by atoms with Crippen LogP contribution in [0.3, 0.4) is 0 Å². The molecule has 0 bridgehead atoms. The van der Waals surface area contributed by atoms with Gasteiger partial charge in [-0.1, -0.05) is 18.2 Å². The average Bonchev–Trinajstić information content (AvgIpc) is 2.92. The van der Waals surface area contributed by atoms with Crippen LogP contribution in [-0.4, -0.2) is 15.5 Å². The van der Waals surface area contributed by atoms with Gasteiger partial charge < -0.3 is 9.88 Å². The fourth-order valence-corrected chi connectivity index (χ4v) is 2.36. The van der Waals surface area contributed by atoms with Gasteiger partial charge in [0, 0.05) is 13.0 Å². The third-order valence-electron chi connectivity index (χ3n) is 3.50. The minimum Gasteiger partial charge on any atom is -0.330 e. The summed E-state index contributed by atoms with van der Waals surface area (Å²) in [6.45, 7) is 2.35. The molecule has 1 aromatic heterocycles. The maximum absolute atomic E-state index is 13.6. The number of fused-ring (bicyclic) bond motifs is 1. The van der Waals surface area contributed by atoms with Crippen LogP contribution in [0, 0.1) is 12.7 Å². The first kappa shape index (κ1) is 14.3. The van der Waals surface area contributed by atoms with Gasteiger partial charge in [-0.3, -0.25) is 4.79 Å². The zero-order valence-electron chi connectivity index (χ0n) is 12.2. The van der Waals surface area contributed by atoms with Gasteiger partial charge in [-0.05, 0) is 36.8 Å². The smallest absolute Gasteiger partial charge is 0.226 e. The van der Waals surface area contributed by atoms with Crippen molar-refractivity contribution in [3.05, 3.63) is 60.2 Å². The zero-order valence-corrected chi connectivity index (χ0v) is 12.2. The van der Waals surface area contributed by atoms with Crippen LogP contribution in [0.2, 0.25) is 0 Å². The Labute approximate surface area is 127 Å². The number of imidazole rings is 1. The van der Waals surface area contributed by atoms with E-state index in [1.54, 1.807) is 18.5 Å². The van der Waals surface area contributed by atoms with Gasteiger partial charge >= 0.3 is 0 Å². The predicted octanol–water partition coefficient (Wildman–Crippen LogP) is 3.51. The minimum absolute atomic E-state index is 0.220. The average molecular weight is 297 g/mol. The van der Waals surface area contributed by atoms with Crippen molar-refractivity contribution in [2.75, 3.05) is 5.32 Å². The molecule has 1 amide bonds. The summed E-state index contributed by atoms with van der Waals surface area (Å²) in [5.41, 5.74) is 3.00. The Morgan fingerprint density at radius 2 is 2.09 bits per heavy atom. The lowest BCUT2D eigenvalue weighted by Crippen LogP contribution is -2.15. The molecule has 0 saturated heterocycles. The molecule has 3 rings (SSSR count). The van der Waals surface area contributed by atoms with Crippen molar-refractivity contribution in [2.45, 2.75) is 19.9 Å². The van der Waals surface area contributed by atoms with Gasteiger partial charge in [-0.15, -0.1) is 0 Å². The molecule has 112 valence electrons. The van der Waals surface area contributed by atoms with E-state index in [1.165, 1.54) is 6.07 Å². The lowest BCUT2D eigenvalue weighted by atomic mass is 10.2. The van der Waals surface area contributed by atoms with E-state index in [9.17, 15) is 9.18 Å². The van der Waals surface area contributed by atoms with E-state index in [2.05, 4.69) is 10.3 Å². The summed E-state index contributed by atoms with van der Waals surface area (Å²) >= 11 is 0. The van der Waals surface area contributed by atoms with Gasteiger partial charge in [0.2, 0.25) is 5.91 Å². The molecule has 1 N–H and O–H groups in total. The summed E-state index contributed by atoms with van der Waals surface area (Å²) in [6, 6.07) is 12.4. The van der Waals surface area contributed by atoms with Crippen LogP contribution in [0.25, 0.3) is 11.0 Å². The summed E-state index contributed by atoms with van der Waals surface area (Å²) in [6.07, 6.45) is 1.97. The standard InChI is InChI=1S/C17H16FN3O/c1-12-6-7-13(18)15(10-12)20-17(22)8-9-21-11-19-14-4-2-3-5-16(14)21/h2-7,10-11H,8-9H2,1H3,(H,20,22). The summed E-state index contributed by atoms with van der Waals surface area (Å²) < 4.78 is 15.5. The van der Waals surface area contributed by atoms with Crippen molar-refractivity contribution < 1.29 is 9.18 Å². The molecule has 0 aliphatic heterocycles. The van der Waals surface area contributed by atoms with Gasteiger partial charge in [0.1, 0.15) is 5.82 Å². The Balaban J connectivity index is 1.66. The van der Waals surface area contributed by atoms with Crippen LogP contribution < -0.4 is 5.32 Å². The topological polar surface area (TPSA) is 46.9 Å². The Hall–Kier alpha value is -2.69. The highest BCUT2D eigenvalue weighted by molar-refractivity contribution is 5.91. The van der Waals surface area contributed by atoms with E-state index in [-0.39, 0.29) is 18.0 Å². The van der Waals surface area contributed by atoms with Crippen molar-refractivity contribution in [3.8, 4) is 0 Å². The highest BCUT2D eigenvalue weighted by atomic mass is 19.1. The first-order valence-electron chi connectivity index (χ1n) is 7.09. The highest BCUT2D eigenvalue weighted by Crippen LogP contribution is 2.16. The Morgan fingerprint density at radius 3 is 2.95 bits per heavy atom. The molecule has 0 aliphatic rings. The van der Waals surface area contributed by atoms with Crippen molar-refractivity contribution >= 4 is 22.6 Å². The number of aromatic nitrogens is 2. The van der Waals surface area contributed by atoms with Crippen molar-refractivity contribution in [1.29, 1.82) is 0 Å². The monoisotopic (exact) mass is 297 g/mol. The number of benzene rings is 2. The number of nitrogens with one attached hydrogen (secondary N) is 1. The molecule has 0 spiro atoms. The van der Waals surface area contributed by atoms with E-state index in [0.717, 1.165) is 16.6 Å². The molecule has 0 unspecified atom stereocenters. The second kappa shape index (κ2) is 5.97. The summed E-state index contributed by atoms with van der Waals surface area (Å²) in [5, 5.41) is 2.61. The van der Waals surface area contributed by atoms with Crippen LogP contribution in [0.15, 0.2) is 48.8 Å². The fourth-order valence-electron chi connectivity index (χ4n) is 2.36. The van der Waals surface area contributed by atoms with Crippen LogP contribution in [-0.2, 0) is 11.3 Å². The molecule has 2 aromatic carbocycles. The number of hydrogen-bond acceptors (Lipinski definition) is 2. The van der Waals surface area contributed by atoms with Crippen molar-refractivity contribution in [2.24, 2.45) is 0 Å². The molecule has 3 aromatic rings. The number of amides is 1. The highest BCUT2D eigenvalue weighted by Gasteiger charge is 2.08. The summed E-state index contributed by atoms with van der Waals surface area (Å²) in [7, 11) is 0. The molecular weight excluding hydrogens is 281 g/mol. The minimum atomic E-state index is -0.424. The third kappa shape index (κ3) is 2.98. The lowest BCUT2D eigenvalue weighted by Gasteiger charge is -2.08. The van der Waals surface area contributed by atoms with Gasteiger partial charge in [-0.25, -0.2) is 9.37 Å². The molecule has 0 atom stereocenters. The second-order valence-electron chi connectivity index (χ2n) is 5.21. The molecular formula is C17H16FN3O. The van der Waals surface area contributed by atoms with Gasteiger partial charge in [0.25, 0.3) is 0 Å². The number of rotatable bonds is 4. The van der Waals surface area contributed by atoms with Crippen LogP contribution in [0.4, 0.5) is 10.1 Å². The van der Waals surface area contributed by atoms with Crippen LogP contribution in [0.1, 0.15) is 12.0 Å². The van der Waals surface area contributed by atoms with E-state index in [4.69, 9.17) is 0 Å². The zero-order chi connectivity index (χ0) is 15.5. The largest absolute Gasteiger partial charge is 0.330 e. The van der Waals surface area contributed by atoms with Crippen molar-refractivity contribution in [3.63, 3.8) is 0 Å². The number of anilines is 1. The fraction of sp³-hybridized carbons (Fsp3) is 0.176. The first-order valence-corrected chi connectivity index (χ1v) is 7.09. The maximum atomic E-state index is 13.6. The Morgan fingerprint density at radius 1 is 1.27 bits per heavy atom. The molecule has 4 nitrogen and oxygen atoms in total. The van der Waals surface area contributed by atoms with Gasteiger partial charge in [0.05, 0.1) is 23.0 Å². The third-order valence-corrected chi connectivity index (χ3v) is 3.50. The Bertz CT molecular complexity index is 826. The van der Waals surface area contributed by atoms with E-state index < -0.39 is 5.82 Å². The normalized spacial score (nSPS) is 10.8. The molecule has 22 heavy (non-hydrogen) atoms. The molecule has 5 heteroatoms. The molecule has 0 radical (unpaired) electrons. The number of carbonyl (C=O) groups excluding carboxylic acids is 1. The number of para-hydroxylation sites is 2. The Kier molecular flexibility index (Phi) is 3.87. The van der Waals surface area contributed by atoms with E-state index in [1.807, 2.05) is 35.8 Å². The lowest BCUT2D eigenvalue weighted by molar-refractivity contribution is -0.116. The molecule has 1 heterocycles. The number of hydrogen-bond donors (Lipinski definition) is 1. The van der Waals surface area contributed by atoms with Crippen LogP contribution >= 0.6 is 0 Å². The molecule has 0 saturated carbocycles. The van der Waals surface area contributed by atoms with Crippen LogP contribution in [0.5, 0.6) is 0 Å². The predicted molar refractivity (Wildman–Crippen MR) is 84.1 cm³/mol.